The average molecular weight is 420 g/mol. The normalized spacial score (nSPS) is 20.6. The van der Waals surface area contributed by atoms with Crippen LogP contribution in [0.5, 0.6) is 5.75 Å². The summed E-state index contributed by atoms with van der Waals surface area (Å²) in [5, 5.41) is 3.00. The summed E-state index contributed by atoms with van der Waals surface area (Å²) in [7, 11) is -3.96. The number of piperidine rings is 1. The third-order valence-corrected chi connectivity index (χ3v) is 7.10. The van der Waals surface area contributed by atoms with E-state index in [1.165, 1.54) is 16.4 Å². The highest BCUT2D eigenvalue weighted by molar-refractivity contribution is 7.89. The summed E-state index contributed by atoms with van der Waals surface area (Å²) >= 11 is 0. The van der Waals surface area contributed by atoms with Gasteiger partial charge in [-0.2, -0.15) is 4.31 Å². The molecule has 1 aliphatic heterocycles. The van der Waals surface area contributed by atoms with Crippen molar-refractivity contribution in [2.75, 3.05) is 13.1 Å². The van der Waals surface area contributed by atoms with E-state index < -0.39 is 22.1 Å². The second kappa shape index (κ2) is 7.90. The molecule has 1 amide bonds. The van der Waals surface area contributed by atoms with Crippen molar-refractivity contribution in [2.45, 2.75) is 49.9 Å². The fourth-order valence-corrected chi connectivity index (χ4v) is 4.90. The third-order valence-electron chi connectivity index (χ3n) is 5.20. The number of alkyl halides is 3. The molecule has 0 radical (unpaired) electrons. The Balaban J connectivity index is 1.61. The average Bonchev–Trinajstić information content (AvgIpc) is 3.46. The molecule has 2 fully saturated rings. The molecule has 1 aliphatic carbocycles. The van der Waals surface area contributed by atoms with Crippen LogP contribution in [-0.2, 0) is 14.8 Å². The second-order valence-electron chi connectivity index (χ2n) is 7.34. The Bertz CT molecular complexity index is 816. The summed E-state index contributed by atoms with van der Waals surface area (Å²) < 4.78 is 67.6. The Morgan fingerprint density at radius 2 is 1.86 bits per heavy atom. The first-order chi connectivity index (χ1) is 13.1. The first kappa shape index (κ1) is 20.9. The fraction of sp³-hybridized carbons (Fsp3) is 0.611. The zero-order chi connectivity index (χ0) is 20.5. The van der Waals surface area contributed by atoms with E-state index in [2.05, 4.69) is 10.1 Å². The molecule has 0 spiro atoms. The molecule has 1 aromatic carbocycles. The number of carbonyl (C=O) groups excluding carboxylic acids is 1. The number of sulfonamides is 1. The molecule has 28 heavy (non-hydrogen) atoms. The molecule has 1 saturated carbocycles. The number of rotatable bonds is 6. The van der Waals surface area contributed by atoms with E-state index in [1.54, 1.807) is 0 Å². The van der Waals surface area contributed by atoms with E-state index in [-0.39, 0.29) is 35.9 Å². The highest BCUT2D eigenvalue weighted by atomic mass is 32.2. The van der Waals surface area contributed by atoms with Crippen molar-refractivity contribution < 1.29 is 31.1 Å². The number of ether oxygens (including phenoxy) is 1. The molecule has 10 heteroatoms. The molecule has 1 atom stereocenters. The van der Waals surface area contributed by atoms with Gasteiger partial charge in [-0.05, 0) is 50.7 Å². The van der Waals surface area contributed by atoms with E-state index in [9.17, 15) is 26.4 Å². The second-order valence-corrected chi connectivity index (χ2v) is 9.27. The largest absolute Gasteiger partial charge is 0.573 e. The Morgan fingerprint density at radius 3 is 2.43 bits per heavy atom. The van der Waals surface area contributed by atoms with Gasteiger partial charge in [0.1, 0.15) is 5.75 Å². The van der Waals surface area contributed by atoms with Crippen LogP contribution in [0.1, 0.15) is 32.6 Å². The van der Waals surface area contributed by atoms with E-state index in [0.29, 0.717) is 18.8 Å². The van der Waals surface area contributed by atoms with Crippen LogP contribution in [0.3, 0.4) is 0 Å². The summed E-state index contributed by atoms with van der Waals surface area (Å²) in [5.41, 5.74) is 0. The molecule has 1 saturated heterocycles. The molecule has 0 aromatic heterocycles. The zero-order valence-electron chi connectivity index (χ0n) is 15.4. The van der Waals surface area contributed by atoms with Gasteiger partial charge in [0, 0.05) is 31.1 Å². The maximum Gasteiger partial charge on any atom is 0.573 e. The Morgan fingerprint density at radius 1 is 1.21 bits per heavy atom. The van der Waals surface area contributed by atoms with E-state index in [4.69, 9.17) is 0 Å². The minimum absolute atomic E-state index is 0.0583. The molecule has 1 N–H and O–H groups in total. The molecule has 156 valence electrons. The monoisotopic (exact) mass is 420 g/mol. The lowest BCUT2D eigenvalue weighted by Gasteiger charge is -2.31. The molecular formula is C18H23F3N2O4S. The van der Waals surface area contributed by atoms with E-state index in [1.807, 2.05) is 6.92 Å². The fourth-order valence-electron chi connectivity index (χ4n) is 3.40. The van der Waals surface area contributed by atoms with Crippen LogP contribution in [0.15, 0.2) is 29.2 Å². The topological polar surface area (TPSA) is 75.7 Å². The zero-order valence-corrected chi connectivity index (χ0v) is 16.2. The number of nitrogens with one attached hydrogen (secondary N) is 1. The first-order valence-electron chi connectivity index (χ1n) is 9.22. The van der Waals surface area contributed by atoms with Crippen molar-refractivity contribution >= 4 is 15.9 Å². The number of benzene rings is 1. The molecule has 1 aromatic rings. The summed E-state index contributed by atoms with van der Waals surface area (Å²) in [6.07, 6.45) is -1.90. The summed E-state index contributed by atoms with van der Waals surface area (Å²) in [5.74, 6) is -0.364. The highest BCUT2D eigenvalue weighted by Gasteiger charge is 2.35. The van der Waals surface area contributed by atoms with Crippen LogP contribution in [0, 0.1) is 11.8 Å². The van der Waals surface area contributed by atoms with Gasteiger partial charge in [0.15, 0.2) is 0 Å². The number of hydrogen-bond donors (Lipinski definition) is 1. The lowest BCUT2D eigenvalue weighted by molar-refractivity contribution is -0.274. The predicted molar refractivity (Wildman–Crippen MR) is 94.9 cm³/mol. The number of amides is 1. The molecular weight excluding hydrogens is 397 g/mol. The van der Waals surface area contributed by atoms with Crippen LogP contribution < -0.4 is 10.1 Å². The quantitative estimate of drug-likeness (QED) is 0.768. The van der Waals surface area contributed by atoms with Crippen molar-refractivity contribution in [2.24, 2.45) is 11.8 Å². The molecule has 1 heterocycles. The van der Waals surface area contributed by atoms with Gasteiger partial charge in [0.2, 0.25) is 15.9 Å². The number of nitrogens with zero attached hydrogens (tertiary/aromatic N) is 1. The van der Waals surface area contributed by atoms with Crippen molar-refractivity contribution in [3.63, 3.8) is 0 Å². The van der Waals surface area contributed by atoms with Gasteiger partial charge in [-0.1, -0.05) is 6.07 Å². The molecule has 3 rings (SSSR count). The Kier molecular flexibility index (Phi) is 5.90. The van der Waals surface area contributed by atoms with Gasteiger partial charge in [-0.3, -0.25) is 4.79 Å². The van der Waals surface area contributed by atoms with Gasteiger partial charge in [0.05, 0.1) is 4.90 Å². The van der Waals surface area contributed by atoms with Crippen LogP contribution in [0.25, 0.3) is 0 Å². The number of carbonyl (C=O) groups is 1. The number of hydrogen-bond acceptors (Lipinski definition) is 4. The van der Waals surface area contributed by atoms with Crippen LogP contribution >= 0.6 is 0 Å². The predicted octanol–water partition coefficient (Wildman–Crippen LogP) is 2.90. The molecule has 2 aliphatic rings. The van der Waals surface area contributed by atoms with Crippen molar-refractivity contribution in [3.05, 3.63) is 24.3 Å². The molecule has 1 unspecified atom stereocenters. The summed E-state index contributed by atoms with van der Waals surface area (Å²) in [6, 6.07) is 4.47. The SMILES string of the molecule is CC(NC(=O)C1CCN(S(=O)(=O)c2cccc(OC(F)(F)F)c2)CC1)C1CC1. The minimum atomic E-state index is -4.90. The van der Waals surface area contributed by atoms with Gasteiger partial charge >= 0.3 is 6.36 Å². The lowest BCUT2D eigenvalue weighted by Crippen LogP contribution is -2.45. The molecule has 6 nitrogen and oxygen atoms in total. The van der Waals surface area contributed by atoms with Gasteiger partial charge in [-0.15, -0.1) is 13.2 Å². The van der Waals surface area contributed by atoms with Gasteiger partial charge in [0.25, 0.3) is 0 Å². The van der Waals surface area contributed by atoms with Gasteiger partial charge in [-0.25, -0.2) is 8.42 Å². The van der Waals surface area contributed by atoms with Crippen molar-refractivity contribution in [3.8, 4) is 5.75 Å². The maximum atomic E-state index is 12.7. The molecule has 0 bridgehead atoms. The van der Waals surface area contributed by atoms with Crippen LogP contribution in [0.4, 0.5) is 13.2 Å². The summed E-state index contributed by atoms with van der Waals surface area (Å²) in [6.45, 7) is 2.26. The van der Waals surface area contributed by atoms with Crippen molar-refractivity contribution in [1.29, 1.82) is 0 Å². The first-order valence-corrected chi connectivity index (χ1v) is 10.7. The van der Waals surface area contributed by atoms with Gasteiger partial charge < -0.3 is 10.1 Å². The van der Waals surface area contributed by atoms with Crippen LogP contribution in [0.2, 0.25) is 0 Å². The Labute approximate surface area is 162 Å². The van der Waals surface area contributed by atoms with E-state index >= 15 is 0 Å². The maximum absolute atomic E-state index is 12.7. The Hall–Kier alpha value is -1.81. The van der Waals surface area contributed by atoms with E-state index in [0.717, 1.165) is 25.0 Å². The summed E-state index contributed by atoms with van der Waals surface area (Å²) in [4.78, 5) is 12.1. The minimum Gasteiger partial charge on any atom is -0.406 e. The standard InChI is InChI=1S/C18H23F3N2O4S/c1-12(13-5-6-13)22-17(24)14-7-9-23(10-8-14)28(25,26)16-4-2-3-15(11-16)27-18(19,20)21/h2-4,11-14H,5-10H2,1H3,(H,22,24). The smallest absolute Gasteiger partial charge is 0.406 e. The lowest BCUT2D eigenvalue weighted by atomic mass is 9.96. The van der Waals surface area contributed by atoms with Crippen molar-refractivity contribution in [1.82, 2.24) is 9.62 Å². The van der Waals surface area contributed by atoms with Crippen LogP contribution in [-0.4, -0.2) is 44.1 Å². The third kappa shape index (κ3) is 5.16. The highest BCUT2D eigenvalue weighted by Crippen LogP contribution is 2.33. The number of halogens is 3.